The van der Waals surface area contributed by atoms with Gasteiger partial charge in [0.25, 0.3) is 0 Å². The largest absolute Gasteiger partial charge is 0.192 e. The van der Waals surface area contributed by atoms with Gasteiger partial charge in [-0.2, -0.15) is 10.5 Å². The van der Waals surface area contributed by atoms with Crippen molar-refractivity contribution in [1.29, 1.82) is 10.5 Å². The normalized spacial score (nSPS) is 10.5. The topological polar surface area (TPSA) is 47.6 Å². The van der Waals surface area contributed by atoms with E-state index < -0.39 is 0 Å². The Kier molecular flexibility index (Phi) is 3.17. The highest BCUT2D eigenvalue weighted by Gasteiger charge is 2.17. The summed E-state index contributed by atoms with van der Waals surface area (Å²) in [4.78, 5) is 0. The van der Waals surface area contributed by atoms with E-state index >= 15 is 0 Å². The molecule has 0 N–H and O–H groups in total. The summed E-state index contributed by atoms with van der Waals surface area (Å²) in [5, 5.41) is 17.8. The third-order valence-electron chi connectivity index (χ3n) is 2.19. The average Bonchev–Trinajstić information content (AvgIpc) is 2.15. The lowest BCUT2D eigenvalue weighted by Gasteiger charge is -2.20. The number of nitriles is 2. The van der Waals surface area contributed by atoms with Crippen LogP contribution in [0.3, 0.4) is 0 Å². The van der Waals surface area contributed by atoms with Crippen molar-refractivity contribution >= 4 is 15.9 Å². The first-order valence-electron chi connectivity index (χ1n) is 4.54. The molecular weight excluding hydrogens is 252 g/mol. The van der Waals surface area contributed by atoms with E-state index in [0.717, 1.165) is 5.56 Å². The minimum absolute atomic E-state index is 0.0257. The first kappa shape index (κ1) is 11.8. The Morgan fingerprint density at radius 2 is 1.73 bits per heavy atom. The molecule has 0 saturated carbocycles. The molecule has 0 aliphatic rings. The summed E-state index contributed by atoms with van der Waals surface area (Å²) in [6.45, 7) is 6.21. The molecule has 3 heteroatoms. The van der Waals surface area contributed by atoms with Crippen LogP contribution in [0.4, 0.5) is 0 Å². The Morgan fingerprint density at radius 1 is 1.13 bits per heavy atom. The Morgan fingerprint density at radius 3 is 2.13 bits per heavy atom. The van der Waals surface area contributed by atoms with Gasteiger partial charge in [-0.05, 0) is 39.0 Å². The summed E-state index contributed by atoms with van der Waals surface area (Å²) in [5.41, 5.74) is 1.86. The van der Waals surface area contributed by atoms with Crippen LogP contribution in [0.15, 0.2) is 16.6 Å². The van der Waals surface area contributed by atoms with Gasteiger partial charge in [-0.15, -0.1) is 0 Å². The zero-order chi connectivity index (χ0) is 11.6. The SMILES string of the molecule is CC(C)(C)c1cc(Br)c(C#N)c(C#N)c1. The fourth-order valence-corrected chi connectivity index (χ4v) is 1.79. The van der Waals surface area contributed by atoms with Crippen molar-refractivity contribution < 1.29 is 0 Å². The molecule has 15 heavy (non-hydrogen) atoms. The van der Waals surface area contributed by atoms with E-state index in [2.05, 4.69) is 36.7 Å². The number of rotatable bonds is 0. The molecule has 0 aliphatic heterocycles. The fraction of sp³-hybridized carbons (Fsp3) is 0.333. The third kappa shape index (κ3) is 2.37. The molecule has 0 saturated heterocycles. The molecule has 2 nitrogen and oxygen atoms in total. The summed E-state index contributed by atoms with van der Waals surface area (Å²) < 4.78 is 0.689. The van der Waals surface area contributed by atoms with Crippen LogP contribution in [0.2, 0.25) is 0 Å². The molecule has 0 aliphatic carbocycles. The summed E-state index contributed by atoms with van der Waals surface area (Å²) in [7, 11) is 0. The van der Waals surface area contributed by atoms with Crippen molar-refractivity contribution in [3.63, 3.8) is 0 Å². The van der Waals surface area contributed by atoms with E-state index in [1.807, 2.05) is 18.2 Å². The maximum Gasteiger partial charge on any atom is 0.102 e. The molecule has 0 atom stereocenters. The molecule has 1 aromatic rings. The van der Waals surface area contributed by atoms with Crippen molar-refractivity contribution in [3.8, 4) is 12.1 Å². The monoisotopic (exact) mass is 262 g/mol. The number of halogens is 1. The van der Waals surface area contributed by atoms with Crippen LogP contribution in [-0.2, 0) is 5.41 Å². The van der Waals surface area contributed by atoms with Crippen molar-refractivity contribution in [1.82, 2.24) is 0 Å². The highest BCUT2D eigenvalue weighted by atomic mass is 79.9. The lowest BCUT2D eigenvalue weighted by Crippen LogP contribution is -2.11. The highest BCUT2D eigenvalue weighted by molar-refractivity contribution is 9.10. The first-order valence-corrected chi connectivity index (χ1v) is 5.33. The molecule has 0 spiro atoms. The van der Waals surface area contributed by atoms with Gasteiger partial charge in [0.05, 0.1) is 11.1 Å². The second-order valence-electron chi connectivity index (χ2n) is 4.35. The summed E-state index contributed by atoms with van der Waals surface area (Å²) >= 11 is 3.32. The number of benzene rings is 1. The maximum atomic E-state index is 8.94. The molecule has 0 radical (unpaired) electrons. The van der Waals surface area contributed by atoms with Gasteiger partial charge in [-0.25, -0.2) is 0 Å². The zero-order valence-corrected chi connectivity index (χ0v) is 10.5. The van der Waals surface area contributed by atoms with Crippen LogP contribution in [0.25, 0.3) is 0 Å². The van der Waals surface area contributed by atoms with E-state index in [-0.39, 0.29) is 5.41 Å². The van der Waals surface area contributed by atoms with Gasteiger partial charge in [0, 0.05) is 4.47 Å². The van der Waals surface area contributed by atoms with Gasteiger partial charge in [0.1, 0.15) is 12.1 Å². The molecule has 1 aromatic carbocycles. The Bertz CT molecular complexity index is 470. The molecule has 1 rings (SSSR count). The van der Waals surface area contributed by atoms with Crippen LogP contribution >= 0.6 is 15.9 Å². The van der Waals surface area contributed by atoms with E-state index in [1.165, 1.54) is 0 Å². The lowest BCUT2D eigenvalue weighted by atomic mass is 9.85. The van der Waals surface area contributed by atoms with E-state index in [4.69, 9.17) is 10.5 Å². The Labute approximate surface area is 98.3 Å². The van der Waals surface area contributed by atoms with Gasteiger partial charge in [-0.3, -0.25) is 0 Å². The molecule has 0 unspecified atom stereocenters. The van der Waals surface area contributed by atoms with E-state index in [0.29, 0.717) is 15.6 Å². The van der Waals surface area contributed by atoms with Crippen LogP contribution in [0.1, 0.15) is 37.5 Å². The molecule has 0 heterocycles. The van der Waals surface area contributed by atoms with Crippen LogP contribution in [-0.4, -0.2) is 0 Å². The predicted molar refractivity (Wildman–Crippen MR) is 62.3 cm³/mol. The highest BCUT2D eigenvalue weighted by Crippen LogP contribution is 2.29. The van der Waals surface area contributed by atoms with Gasteiger partial charge in [0.15, 0.2) is 0 Å². The van der Waals surface area contributed by atoms with Crippen LogP contribution in [0, 0.1) is 22.7 Å². The summed E-state index contributed by atoms with van der Waals surface area (Å²) in [6, 6.07) is 7.75. The van der Waals surface area contributed by atoms with Crippen LogP contribution in [0.5, 0.6) is 0 Å². The first-order chi connectivity index (χ1) is 6.90. The molecular formula is C12H11BrN2. The van der Waals surface area contributed by atoms with E-state index in [9.17, 15) is 0 Å². The predicted octanol–water partition coefficient (Wildman–Crippen LogP) is 3.49. The Balaban J connectivity index is 3.49. The summed E-state index contributed by atoms with van der Waals surface area (Å²) in [6.07, 6.45) is 0. The van der Waals surface area contributed by atoms with Crippen LogP contribution < -0.4 is 0 Å². The molecule has 0 fully saturated rings. The maximum absolute atomic E-state index is 8.94. The minimum atomic E-state index is -0.0257. The second-order valence-corrected chi connectivity index (χ2v) is 5.21. The standard InChI is InChI=1S/C12H11BrN2/c1-12(2,3)9-4-8(6-14)10(7-15)11(13)5-9/h4-5H,1-3H3. The van der Waals surface area contributed by atoms with Crippen molar-refractivity contribution in [2.45, 2.75) is 26.2 Å². The smallest absolute Gasteiger partial charge is 0.102 e. The Hall–Kier alpha value is -1.32. The van der Waals surface area contributed by atoms with Gasteiger partial charge >= 0.3 is 0 Å². The van der Waals surface area contributed by atoms with Gasteiger partial charge < -0.3 is 0 Å². The van der Waals surface area contributed by atoms with Gasteiger partial charge in [-0.1, -0.05) is 20.8 Å². The number of hydrogen-bond donors (Lipinski definition) is 0. The minimum Gasteiger partial charge on any atom is -0.192 e. The third-order valence-corrected chi connectivity index (χ3v) is 2.81. The number of nitrogens with zero attached hydrogens (tertiary/aromatic N) is 2. The van der Waals surface area contributed by atoms with Crippen molar-refractivity contribution in [2.24, 2.45) is 0 Å². The molecule has 76 valence electrons. The second kappa shape index (κ2) is 4.04. The average molecular weight is 263 g/mol. The van der Waals surface area contributed by atoms with Crippen molar-refractivity contribution in [3.05, 3.63) is 33.3 Å². The zero-order valence-electron chi connectivity index (χ0n) is 8.93. The fourth-order valence-electron chi connectivity index (χ4n) is 1.24. The molecule has 0 aromatic heterocycles. The van der Waals surface area contributed by atoms with Crippen molar-refractivity contribution in [2.75, 3.05) is 0 Å². The number of hydrogen-bond acceptors (Lipinski definition) is 2. The van der Waals surface area contributed by atoms with Gasteiger partial charge in [0.2, 0.25) is 0 Å². The molecule has 0 bridgehead atoms. The summed E-state index contributed by atoms with van der Waals surface area (Å²) in [5.74, 6) is 0. The lowest BCUT2D eigenvalue weighted by molar-refractivity contribution is 0.589. The quantitative estimate of drug-likeness (QED) is 0.719. The molecule has 0 amide bonds. The van der Waals surface area contributed by atoms with E-state index in [1.54, 1.807) is 6.07 Å².